The van der Waals surface area contributed by atoms with Crippen molar-refractivity contribution in [2.45, 2.75) is 0 Å². The Morgan fingerprint density at radius 3 is 2.05 bits per heavy atom. The van der Waals surface area contributed by atoms with Gasteiger partial charge in [-0.25, -0.2) is 0 Å². The zero-order valence-corrected chi connectivity index (χ0v) is 10.3. The van der Waals surface area contributed by atoms with Crippen LogP contribution in [0.3, 0.4) is 0 Å². The number of nitrogens with zero attached hydrogens (tertiary/aromatic N) is 4. The standard InChI is InChI=1S/C10H8N6O5/c11-5-3-6(12)10(16(20)21)8(9(5)15(18)19)7-4-13-1-2-14(7)17/h1-4H,11-12H2. The van der Waals surface area contributed by atoms with Gasteiger partial charge in [0.05, 0.1) is 16.0 Å². The van der Waals surface area contributed by atoms with E-state index in [1.807, 2.05) is 0 Å². The Morgan fingerprint density at radius 2 is 1.62 bits per heavy atom. The minimum absolute atomic E-state index is 0.210. The molecule has 0 amide bonds. The van der Waals surface area contributed by atoms with Gasteiger partial charge in [-0.2, -0.15) is 4.73 Å². The minimum atomic E-state index is -0.913. The van der Waals surface area contributed by atoms with E-state index in [9.17, 15) is 25.4 Å². The van der Waals surface area contributed by atoms with E-state index in [-0.39, 0.29) is 16.1 Å². The average Bonchev–Trinajstić information content (AvgIpc) is 2.37. The number of nitrogens with two attached hydrogens (primary N) is 2. The van der Waals surface area contributed by atoms with Gasteiger partial charge < -0.3 is 16.7 Å². The van der Waals surface area contributed by atoms with Crippen LogP contribution in [0.25, 0.3) is 11.3 Å². The molecule has 2 aromatic rings. The first-order chi connectivity index (χ1) is 9.84. The first kappa shape index (κ1) is 13.9. The van der Waals surface area contributed by atoms with Gasteiger partial charge in [0.1, 0.15) is 17.6 Å². The molecule has 11 nitrogen and oxygen atoms in total. The molecule has 0 saturated heterocycles. The van der Waals surface area contributed by atoms with Crippen LogP contribution in [-0.4, -0.2) is 14.8 Å². The molecule has 1 aromatic heterocycles. The molecular formula is C10H8N6O5. The van der Waals surface area contributed by atoms with Crippen molar-refractivity contribution in [3.63, 3.8) is 0 Å². The van der Waals surface area contributed by atoms with Crippen LogP contribution in [0.15, 0.2) is 24.7 Å². The molecule has 0 aliphatic rings. The lowest BCUT2D eigenvalue weighted by molar-refractivity contribution is -0.594. The Labute approximate surface area is 116 Å². The summed E-state index contributed by atoms with van der Waals surface area (Å²) in [6, 6.07) is 0.908. The average molecular weight is 292 g/mol. The smallest absolute Gasteiger partial charge is 0.313 e. The fourth-order valence-electron chi connectivity index (χ4n) is 1.87. The molecule has 0 aliphatic heterocycles. The van der Waals surface area contributed by atoms with Crippen molar-refractivity contribution in [3.05, 3.63) is 50.1 Å². The first-order valence-corrected chi connectivity index (χ1v) is 5.38. The molecule has 0 saturated carbocycles. The number of anilines is 2. The monoisotopic (exact) mass is 292 g/mol. The number of hydrogen-bond donors (Lipinski definition) is 2. The predicted octanol–water partition coefficient (Wildman–Crippen LogP) is 0.363. The summed E-state index contributed by atoms with van der Waals surface area (Å²) in [6.45, 7) is 0. The number of aromatic nitrogens is 2. The number of nitrogen functional groups attached to an aromatic ring is 2. The molecule has 1 heterocycles. The molecule has 2 rings (SSSR count). The number of nitro groups is 2. The summed E-state index contributed by atoms with van der Waals surface area (Å²) >= 11 is 0. The lowest BCUT2D eigenvalue weighted by atomic mass is 10.0. The van der Waals surface area contributed by atoms with Crippen molar-refractivity contribution in [1.29, 1.82) is 0 Å². The van der Waals surface area contributed by atoms with Crippen molar-refractivity contribution in [3.8, 4) is 11.3 Å². The van der Waals surface area contributed by atoms with E-state index in [2.05, 4.69) is 4.98 Å². The fourth-order valence-corrected chi connectivity index (χ4v) is 1.87. The maximum atomic E-state index is 11.7. The van der Waals surface area contributed by atoms with Gasteiger partial charge >= 0.3 is 11.4 Å². The number of hydrogen-bond acceptors (Lipinski definition) is 8. The molecule has 0 atom stereocenters. The molecule has 21 heavy (non-hydrogen) atoms. The second-order valence-electron chi connectivity index (χ2n) is 3.93. The lowest BCUT2D eigenvalue weighted by Gasteiger charge is -2.08. The van der Waals surface area contributed by atoms with Gasteiger partial charge in [0.15, 0.2) is 6.20 Å². The fraction of sp³-hybridized carbons (Fsp3) is 0. The van der Waals surface area contributed by atoms with E-state index in [4.69, 9.17) is 11.5 Å². The summed E-state index contributed by atoms with van der Waals surface area (Å²) in [6.07, 6.45) is 3.03. The third kappa shape index (κ3) is 2.22. The second kappa shape index (κ2) is 4.88. The lowest BCUT2D eigenvalue weighted by Crippen LogP contribution is -2.29. The second-order valence-corrected chi connectivity index (χ2v) is 3.93. The van der Waals surface area contributed by atoms with Gasteiger partial charge in [-0.05, 0) is 6.07 Å². The Bertz CT molecular complexity index is 724. The molecule has 0 radical (unpaired) electrons. The molecule has 4 N–H and O–H groups in total. The van der Waals surface area contributed by atoms with E-state index >= 15 is 0 Å². The summed E-state index contributed by atoms with van der Waals surface area (Å²) in [4.78, 5) is 24.1. The summed E-state index contributed by atoms with van der Waals surface area (Å²) in [7, 11) is 0. The van der Waals surface area contributed by atoms with Crippen molar-refractivity contribution in [2.75, 3.05) is 11.5 Å². The highest BCUT2D eigenvalue weighted by atomic mass is 16.6. The first-order valence-electron chi connectivity index (χ1n) is 5.38. The third-order valence-electron chi connectivity index (χ3n) is 2.68. The molecule has 0 unspecified atom stereocenters. The van der Waals surface area contributed by atoms with Gasteiger partial charge in [-0.3, -0.25) is 25.2 Å². The SMILES string of the molecule is Nc1cc(N)c([N+](=O)[O-])c(-c2cncc[n+]2[O-])c1[N+](=O)[O-]. The van der Waals surface area contributed by atoms with Crippen LogP contribution in [0.5, 0.6) is 0 Å². The van der Waals surface area contributed by atoms with E-state index in [0.29, 0.717) is 0 Å². The highest BCUT2D eigenvalue weighted by molar-refractivity contribution is 5.91. The Balaban J connectivity index is 3.00. The Morgan fingerprint density at radius 1 is 1.10 bits per heavy atom. The van der Waals surface area contributed by atoms with Crippen LogP contribution >= 0.6 is 0 Å². The molecule has 108 valence electrons. The maximum Gasteiger partial charge on any atom is 0.313 e. The molecule has 0 bridgehead atoms. The molecule has 0 fully saturated rings. The largest absolute Gasteiger partial charge is 0.618 e. The summed E-state index contributed by atoms with van der Waals surface area (Å²) in [5.74, 6) is 0. The zero-order valence-electron chi connectivity index (χ0n) is 10.3. The number of rotatable bonds is 3. The van der Waals surface area contributed by atoms with Gasteiger partial charge in [0.25, 0.3) is 5.69 Å². The van der Waals surface area contributed by atoms with Gasteiger partial charge in [-0.15, -0.1) is 0 Å². The molecule has 0 aliphatic carbocycles. The summed E-state index contributed by atoms with van der Waals surface area (Å²) < 4.78 is 0.210. The highest BCUT2D eigenvalue weighted by Gasteiger charge is 2.36. The van der Waals surface area contributed by atoms with Gasteiger partial charge in [0, 0.05) is 0 Å². The van der Waals surface area contributed by atoms with Crippen molar-refractivity contribution in [2.24, 2.45) is 0 Å². The van der Waals surface area contributed by atoms with Crippen LogP contribution in [0.1, 0.15) is 0 Å². The van der Waals surface area contributed by atoms with Crippen LogP contribution in [0.4, 0.5) is 22.7 Å². The normalized spacial score (nSPS) is 10.3. The third-order valence-corrected chi connectivity index (χ3v) is 2.68. The minimum Gasteiger partial charge on any atom is -0.618 e. The Hall–Kier alpha value is -3.50. The molecular weight excluding hydrogens is 284 g/mol. The van der Waals surface area contributed by atoms with Crippen molar-refractivity contribution >= 4 is 22.7 Å². The van der Waals surface area contributed by atoms with Gasteiger partial charge in [0.2, 0.25) is 5.56 Å². The van der Waals surface area contributed by atoms with Crippen molar-refractivity contribution < 1.29 is 14.6 Å². The predicted molar refractivity (Wildman–Crippen MR) is 70.8 cm³/mol. The zero-order chi connectivity index (χ0) is 15.7. The van der Waals surface area contributed by atoms with Crippen LogP contribution < -0.4 is 16.2 Å². The highest BCUT2D eigenvalue weighted by Crippen LogP contribution is 2.43. The molecule has 0 spiro atoms. The molecule has 11 heteroatoms. The number of nitro benzene ring substituents is 2. The van der Waals surface area contributed by atoms with Crippen LogP contribution in [-0.2, 0) is 0 Å². The van der Waals surface area contributed by atoms with E-state index < -0.39 is 32.5 Å². The summed E-state index contributed by atoms with van der Waals surface area (Å²) in [5.41, 5.74) is 7.72. The molecule has 1 aromatic carbocycles. The van der Waals surface area contributed by atoms with E-state index in [0.717, 1.165) is 24.7 Å². The van der Waals surface area contributed by atoms with E-state index in [1.54, 1.807) is 0 Å². The number of benzene rings is 1. The maximum absolute atomic E-state index is 11.7. The summed E-state index contributed by atoms with van der Waals surface area (Å²) in [5, 5.41) is 34.0. The quantitative estimate of drug-likeness (QED) is 0.267. The topological polar surface area (TPSA) is 178 Å². The van der Waals surface area contributed by atoms with E-state index in [1.165, 1.54) is 0 Å². The Kier molecular flexibility index (Phi) is 3.24. The van der Waals surface area contributed by atoms with Crippen molar-refractivity contribution in [1.82, 2.24) is 4.98 Å². The van der Waals surface area contributed by atoms with Crippen LogP contribution in [0.2, 0.25) is 0 Å². The van der Waals surface area contributed by atoms with Crippen LogP contribution in [0, 0.1) is 25.4 Å². The van der Waals surface area contributed by atoms with Gasteiger partial charge in [-0.1, -0.05) is 0 Å².